The fraction of sp³-hybridized carbons (Fsp3) is 0.200. The number of carbonyl (C=O) groups is 1. The Labute approximate surface area is 81.2 Å². The molecule has 0 spiro atoms. The predicted molar refractivity (Wildman–Crippen MR) is 51.2 cm³/mol. The summed E-state index contributed by atoms with van der Waals surface area (Å²) in [6, 6.07) is 9.59. The average molecular weight is 187 g/mol. The molecule has 4 heteroatoms. The van der Waals surface area contributed by atoms with Gasteiger partial charge in [0.25, 0.3) is 5.91 Å². The van der Waals surface area contributed by atoms with Crippen LogP contribution in [0.3, 0.4) is 0 Å². The van der Waals surface area contributed by atoms with Gasteiger partial charge in [0.15, 0.2) is 5.84 Å². The Morgan fingerprint density at radius 2 is 1.93 bits per heavy atom. The maximum absolute atomic E-state index is 11.2. The standard InChI is InChI=1S/C10H9N3O/c11-9-8(10(14)13-12-9)6-7-4-2-1-3-5-7/h1-5,8,11H,6H2. The Kier molecular flexibility index (Phi) is 2.18. The number of amidine groups is 1. The second-order valence-electron chi connectivity index (χ2n) is 3.17. The van der Waals surface area contributed by atoms with E-state index in [1.807, 2.05) is 30.3 Å². The molecule has 0 saturated heterocycles. The van der Waals surface area contributed by atoms with Crippen LogP contribution in [-0.4, -0.2) is 11.7 Å². The highest BCUT2D eigenvalue weighted by molar-refractivity contribution is 6.06. The minimum absolute atomic E-state index is 0.0684. The van der Waals surface area contributed by atoms with Gasteiger partial charge in [-0.1, -0.05) is 30.3 Å². The van der Waals surface area contributed by atoms with Crippen LogP contribution in [0.15, 0.2) is 40.6 Å². The molecule has 0 aliphatic carbocycles. The summed E-state index contributed by atoms with van der Waals surface area (Å²) < 4.78 is 0. The van der Waals surface area contributed by atoms with Crippen molar-refractivity contribution in [1.82, 2.24) is 0 Å². The first-order chi connectivity index (χ1) is 6.77. The van der Waals surface area contributed by atoms with Crippen molar-refractivity contribution in [2.24, 2.45) is 16.1 Å². The van der Waals surface area contributed by atoms with Crippen LogP contribution in [0.2, 0.25) is 0 Å². The van der Waals surface area contributed by atoms with Gasteiger partial charge in [0.05, 0.1) is 0 Å². The number of benzene rings is 1. The molecule has 70 valence electrons. The third-order valence-electron chi connectivity index (χ3n) is 2.17. The monoisotopic (exact) mass is 187 g/mol. The predicted octanol–water partition coefficient (Wildman–Crippen LogP) is 1.81. The number of carbonyl (C=O) groups excluding carboxylic acids is 1. The zero-order valence-electron chi connectivity index (χ0n) is 7.47. The van der Waals surface area contributed by atoms with Crippen LogP contribution in [0.5, 0.6) is 0 Å². The van der Waals surface area contributed by atoms with Crippen molar-refractivity contribution in [3.8, 4) is 0 Å². The highest BCUT2D eigenvalue weighted by Gasteiger charge is 2.28. The van der Waals surface area contributed by atoms with E-state index in [4.69, 9.17) is 5.41 Å². The van der Waals surface area contributed by atoms with Gasteiger partial charge >= 0.3 is 0 Å². The van der Waals surface area contributed by atoms with Gasteiger partial charge in [0, 0.05) is 0 Å². The van der Waals surface area contributed by atoms with Gasteiger partial charge in [-0.3, -0.25) is 10.2 Å². The molecule has 1 unspecified atom stereocenters. The first-order valence-electron chi connectivity index (χ1n) is 4.35. The van der Waals surface area contributed by atoms with Crippen molar-refractivity contribution in [1.29, 1.82) is 5.41 Å². The van der Waals surface area contributed by atoms with Crippen molar-refractivity contribution in [3.63, 3.8) is 0 Å². The van der Waals surface area contributed by atoms with Crippen LogP contribution in [0.25, 0.3) is 0 Å². The van der Waals surface area contributed by atoms with Gasteiger partial charge in [-0.2, -0.15) is 0 Å². The Morgan fingerprint density at radius 1 is 1.21 bits per heavy atom. The fourth-order valence-corrected chi connectivity index (χ4v) is 1.39. The molecular formula is C10H9N3O. The molecule has 0 radical (unpaired) electrons. The lowest BCUT2D eigenvalue weighted by Gasteiger charge is -2.04. The SMILES string of the molecule is N=C1N=NC(=O)C1Cc1ccccc1. The first kappa shape index (κ1) is 8.74. The normalized spacial score (nSPS) is 20.4. The third-order valence-corrected chi connectivity index (χ3v) is 2.17. The van der Waals surface area contributed by atoms with E-state index in [0.29, 0.717) is 6.42 Å². The van der Waals surface area contributed by atoms with Gasteiger partial charge in [-0.15, -0.1) is 10.2 Å². The van der Waals surface area contributed by atoms with E-state index in [1.54, 1.807) is 0 Å². The van der Waals surface area contributed by atoms with E-state index in [0.717, 1.165) is 5.56 Å². The molecule has 0 saturated carbocycles. The molecule has 14 heavy (non-hydrogen) atoms. The molecule has 1 amide bonds. The average Bonchev–Trinajstić information content (AvgIpc) is 2.51. The Bertz CT molecular complexity index is 379. The van der Waals surface area contributed by atoms with Crippen LogP contribution in [-0.2, 0) is 11.2 Å². The molecule has 2 rings (SSSR count). The van der Waals surface area contributed by atoms with Crippen LogP contribution < -0.4 is 0 Å². The van der Waals surface area contributed by atoms with E-state index < -0.39 is 5.92 Å². The number of azo groups is 1. The van der Waals surface area contributed by atoms with E-state index in [9.17, 15) is 4.79 Å². The molecule has 1 aromatic carbocycles. The van der Waals surface area contributed by atoms with Crippen LogP contribution >= 0.6 is 0 Å². The highest BCUT2D eigenvalue weighted by atomic mass is 16.2. The van der Waals surface area contributed by atoms with E-state index in [-0.39, 0.29) is 11.7 Å². The molecule has 0 bridgehead atoms. The zero-order chi connectivity index (χ0) is 9.97. The van der Waals surface area contributed by atoms with E-state index in [2.05, 4.69) is 10.2 Å². The molecule has 1 aromatic rings. The molecule has 1 heterocycles. The van der Waals surface area contributed by atoms with Crippen molar-refractivity contribution in [2.75, 3.05) is 0 Å². The minimum atomic E-state index is -0.475. The zero-order valence-corrected chi connectivity index (χ0v) is 7.47. The molecule has 1 aliphatic heterocycles. The number of nitrogens with one attached hydrogen (secondary N) is 1. The Balaban J connectivity index is 2.13. The molecule has 1 aliphatic rings. The lowest BCUT2D eigenvalue weighted by atomic mass is 9.99. The maximum Gasteiger partial charge on any atom is 0.275 e. The lowest BCUT2D eigenvalue weighted by Crippen LogP contribution is -2.17. The van der Waals surface area contributed by atoms with Gasteiger partial charge in [-0.25, -0.2) is 0 Å². The quantitative estimate of drug-likeness (QED) is 0.753. The largest absolute Gasteiger partial charge is 0.284 e. The van der Waals surface area contributed by atoms with Crippen LogP contribution in [0.1, 0.15) is 5.56 Å². The number of rotatable bonds is 2. The maximum atomic E-state index is 11.2. The minimum Gasteiger partial charge on any atom is -0.284 e. The summed E-state index contributed by atoms with van der Waals surface area (Å²) in [4.78, 5) is 11.2. The van der Waals surface area contributed by atoms with Gasteiger partial charge in [0.1, 0.15) is 5.92 Å². The van der Waals surface area contributed by atoms with E-state index in [1.165, 1.54) is 0 Å². The number of amides is 1. The summed E-state index contributed by atoms with van der Waals surface area (Å²) in [6.45, 7) is 0. The van der Waals surface area contributed by atoms with Crippen molar-refractivity contribution >= 4 is 11.7 Å². The van der Waals surface area contributed by atoms with Crippen molar-refractivity contribution in [3.05, 3.63) is 35.9 Å². The molecule has 1 N–H and O–H groups in total. The molecule has 0 aromatic heterocycles. The van der Waals surface area contributed by atoms with Crippen molar-refractivity contribution < 1.29 is 4.79 Å². The first-order valence-corrected chi connectivity index (χ1v) is 4.35. The van der Waals surface area contributed by atoms with Crippen molar-refractivity contribution in [2.45, 2.75) is 6.42 Å². The Hall–Kier alpha value is -1.84. The molecule has 0 fully saturated rings. The summed E-state index contributed by atoms with van der Waals surface area (Å²) in [5.41, 5.74) is 1.03. The second-order valence-corrected chi connectivity index (χ2v) is 3.17. The number of hydrogen-bond acceptors (Lipinski definition) is 2. The summed E-state index contributed by atoms with van der Waals surface area (Å²) in [5, 5.41) is 14.2. The summed E-state index contributed by atoms with van der Waals surface area (Å²) in [7, 11) is 0. The smallest absolute Gasteiger partial charge is 0.275 e. The third kappa shape index (κ3) is 1.59. The molecule has 1 atom stereocenters. The second kappa shape index (κ2) is 3.49. The lowest BCUT2D eigenvalue weighted by molar-refractivity contribution is -0.119. The summed E-state index contributed by atoms with van der Waals surface area (Å²) in [6.07, 6.45) is 0.519. The topological polar surface area (TPSA) is 65.6 Å². The summed E-state index contributed by atoms with van der Waals surface area (Å²) in [5.74, 6) is -0.713. The van der Waals surface area contributed by atoms with E-state index >= 15 is 0 Å². The fourth-order valence-electron chi connectivity index (χ4n) is 1.39. The van der Waals surface area contributed by atoms with Crippen LogP contribution in [0, 0.1) is 11.3 Å². The summed E-state index contributed by atoms with van der Waals surface area (Å²) >= 11 is 0. The van der Waals surface area contributed by atoms with Gasteiger partial charge < -0.3 is 0 Å². The number of hydrogen-bond donors (Lipinski definition) is 1. The Morgan fingerprint density at radius 3 is 2.50 bits per heavy atom. The van der Waals surface area contributed by atoms with Gasteiger partial charge in [-0.05, 0) is 12.0 Å². The molecule has 4 nitrogen and oxygen atoms in total. The van der Waals surface area contributed by atoms with Crippen LogP contribution in [0.4, 0.5) is 0 Å². The van der Waals surface area contributed by atoms with Gasteiger partial charge in [0.2, 0.25) is 0 Å². The molecular weight excluding hydrogens is 178 g/mol. The highest BCUT2D eigenvalue weighted by Crippen LogP contribution is 2.17. The number of nitrogens with zero attached hydrogens (tertiary/aromatic N) is 2.